The van der Waals surface area contributed by atoms with Gasteiger partial charge < -0.3 is 15.8 Å². The Labute approximate surface area is 121 Å². The second kappa shape index (κ2) is 5.38. The Bertz CT molecular complexity index is 722. The van der Waals surface area contributed by atoms with Gasteiger partial charge in [0.05, 0.1) is 28.7 Å². The average Bonchev–Trinajstić information content (AvgIpc) is 2.96. The van der Waals surface area contributed by atoms with Gasteiger partial charge in [-0.25, -0.2) is 4.98 Å². The van der Waals surface area contributed by atoms with Gasteiger partial charge in [-0.3, -0.25) is 0 Å². The monoisotopic (exact) mass is 285 g/mol. The number of thiazole rings is 1. The summed E-state index contributed by atoms with van der Waals surface area (Å²) in [5, 5.41) is 3.35. The second-order valence-corrected chi connectivity index (χ2v) is 5.31. The molecule has 4 nitrogen and oxygen atoms in total. The third-order valence-electron chi connectivity index (χ3n) is 3.18. The molecule has 0 atom stereocenters. The zero-order valence-corrected chi connectivity index (χ0v) is 11.9. The molecule has 1 heterocycles. The summed E-state index contributed by atoms with van der Waals surface area (Å²) in [5.41, 5.74) is 11.6. The fourth-order valence-electron chi connectivity index (χ4n) is 2.05. The lowest BCUT2D eigenvalue weighted by atomic mass is 10.2. The second-order valence-electron chi connectivity index (χ2n) is 4.43. The van der Waals surface area contributed by atoms with E-state index >= 15 is 0 Å². The molecule has 20 heavy (non-hydrogen) atoms. The van der Waals surface area contributed by atoms with Crippen LogP contribution in [0.3, 0.4) is 0 Å². The maximum atomic E-state index is 6.13. The molecule has 1 aromatic heterocycles. The number of nitrogens with one attached hydrogen (secondary N) is 1. The molecule has 3 aromatic rings. The highest BCUT2D eigenvalue weighted by atomic mass is 32.1. The van der Waals surface area contributed by atoms with E-state index < -0.39 is 0 Å². The fourth-order valence-corrected chi connectivity index (χ4v) is 2.74. The SMILES string of the molecule is COc1ccc(CNc2ccc3scnc3c2N)cc1. The first-order valence-corrected chi connectivity index (χ1v) is 7.14. The van der Waals surface area contributed by atoms with Gasteiger partial charge in [0.15, 0.2) is 0 Å². The number of hydrogen-bond acceptors (Lipinski definition) is 5. The topological polar surface area (TPSA) is 60.2 Å². The van der Waals surface area contributed by atoms with Crippen molar-refractivity contribution in [1.29, 1.82) is 0 Å². The number of anilines is 2. The van der Waals surface area contributed by atoms with Crippen LogP contribution in [0.25, 0.3) is 10.2 Å². The molecule has 3 N–H and O–H groups in total. The zero-order valence-electron chi connectivity index (χ0n) is 11.1. The van der Waals surface area contributed by atoms with E-state index in [1.165, 1.54) is 5.56 Å². The van der Waals surface area contributed by atoms with Crippen molar-refractivity contribution in [2.75, 3.05) is 18.2 Å². The van der Waals surface area contributed by atoms with Gasteiger partial charge in [-0.15, -0.1) is 11.3 Å². The maximum absolute atomic E-state index is 6.13. The van der Waals surface area contributed by atoms with Crippen molar-refractivity contribution < 1.29 is 4.74 Å². The van der Waals surface area contributed by atoms with Crippen molar-refractivity contribution in [3.8, 4) is 5.75 Å². The Morgan fingerprint density at radius 2 is 2.00 bits per heavy atom. The first-order valence-electron chi connectivity index (χ1n) is 6.26. The number of aromatic nitrogens is 1. The summed E-state index contributed by atoms with van der Waals surface area (Å²) in [6, 6.07) is 12.0. The minimum atomic E-state index is 0.706. The van der Waals surface area contributed by atoms with Crippen LogP contribution in [-0.2, 0) is 6.54 Å². The highest BCUT2D eigenvalue weighted by Crippen LogP contribution is 2.30. The van der Waals surface area contributed by atoms with Crippen LogP contribution in [-0.4, -0.2) is 12.1 Å². The van der Waals surface area contributed by atoms with E-state index in [4.69, 9.17) is 10.5 Å². The number of benzene rings is 2. The van der Waals surface area contributed by atoms with Crippen LogP contribution >= 0.6 is 11.3 Å². The first-order chi connectivity index (χ1) is 9.78. The van der Waals surface area contributed by atoms with Gasteiger partial charge in [-0.2, -0.15) is 0 Å². The molecule has 0 saturated carbocycles. The number of nitrogens with two attached hydrogens (primary N) is 1. The number of fused-ring (bicyclic) bond motifs is 1. The molecule has 3 rings (SSSR count). The molecule has 2 aromatic carbocycles. The third kappa shape index (κ3) is 2.40. The smallest absolute Gasteiger partial charge is 0.118 e. The van der Waals surface area contributed by atoms with Gasteiger partial charge in [0.2, 0.25) is 0 Å². The van der Waals surface area contributed by atoms with Crippen LogP contribution in [0.15, 0.2) is 41.9 Å². The van der Waals surface area contributed by atoms with E-state index in [1.54, 1.807) is 18.4 Å². The Morgan fingerprint density at radius 1 is 1.20 bits per heavy atom. The lowest BCUT2D eigenvalue weighted by Gasteiger charge is -2.10. The van der Waals surface area contributed by atoms with Crippen molar-refractivity contribution >= 4 is 32.9 Å². The predicted octanol–water partition coefficient (Wildman–Crippen LogP) is 3.50. The van der Waals surface area contributed by atoms with Gasteiger partial charge in [-0.1, -0.05) is 12.1 Å². The highest BCUT2D eigenvalue weighted by Gasteiger charge is 2.06. The van der Waals surface area contributed by atoms with Crippen LogP contribution in [0, 0.1) is 0 Å². The van der Waals surface area contributed by atoms with Crippen LogP contribution in [0.1, 0.15) is 5.56 Å². The maximum Gasteiger partial charge on any atom is 0.118 e. The van der Waals surface area contributed by atoms with Crippen molar-refractivity contribution in [3.05, 3.63) is 47.5 Å². The number of hydrogen-bond donors (Lipinski definition) is 2. The molecule has 0 unspecified atom stereocenters. The molecule has 0 radical (unpaired) electrons. The highest BCUT2D eigenvalue weighted by molar-refractivity contribution is 7.16. The van der Waals surface area contributed by atoms with Crippen LogP contribution in [0.2, 0.25) is 0 Å². The summed E-state index contributed by atoms with van der Waals surface area (Å²) in [5.74, 6) is 0.858. The molecule has 5 heteroatoms. The van der Waals surface area contributed by atoms with E-state index in [2.05, 4.69) is 10.3 Å². The van der Waals surface area contributed by atoms with E-state index in [0.717, 1.165) is 21.7 Å². The average molecular weight is 285 g/mol. The molecular weight excluding hydrogens is 270 g/mol. The normalized spacial score (nSPS) is 10.7. The third-order valence-corrected chi connectivity index (χ3v) is 3.98. The van der Waals surface area contributed by atoms with Gasteiger partial charge >= 0.3 is 0 Å². The quantitative estimate of drug-likeness (QED) is 0.720. The Morgan fingerprint density at radius 3 is 2.75 bits per heavy atom. The number of nitrogens with zero attached hydrogens (tertiary/aromatic N) is 1. The summed E-state index contributed by atoms with van der Waals surface area (Å²) >= 11 is 1.60. The molecule has 0 amide bonds. The van der Waals surface area contributed by atoms with Gasteiger partial charge in [0.25, 0.3) is 0 Å². The standard InChI is InChI=1S/C15H15N3OS/c1-19-11-4-2-10(3-5-11)8-17-12-6-7-13-15(14(12)16)18-9-20-13/h2-7,9,17H,8,16H2,1H3. The lowest BCUT2D eigenvalue weighted by molar-refractivity contribution is 0.414. The van der Waals surface area contributed by atoms with Crippen molar-refractivity contribution in [3.63, 3.8) is 0 Å². The zero-order chi connectivity index (χ0) is 13.9. The van der Waals surface area contributed by atoms with Crippen molar-refractivity contribution in [1.82, 2.24) is 4.98 Å². The largest absolute Gasteiger partial charge is 0.497 e. The molecule has 0 saturated heterocycles. The number of nitrogen functional groups attached to an aromatic ring is 1. The molecule has 0 aliphatic rings. The number of methoxy groups -OCH3 is 1. The summed E-state index contributed by atoms with van der Waals surface area (Å²) in [6.45, 7) is 0.712. The molecule has 0 fully saturated rings. The summed E-state index contributed by atoms with van der Waals surface area (Å²) in [6.07, 6.45) is 0. The Kier molecular flexibility index (Phi) is 3.43. The molecule has 0 bridgehead atoms. The van der Waals surface area contributed by atoms with E-state index in [0.29, 0.717) is 12.2 Å². The van der Waals surface area contributed by atoms with Crippen LogP contribution in [0.4, 0.5) is 11.4 Å². The molecule has 0 aliphatic carbocycles. The Balaban J connectivity index is 1.77. The molecule has 0 aliphatic heterocycles. The van der Waals surface area contributed by atoms with Crippen LogP contribution < -0.4 is 15.8 Å². The first kappa shape index (κ1) is 12.7. The summed E-state index contributed by atoms with van der Waals surface area (Å²) < 4.78 is 6.25. The lowest BCUT2D eigenvalue weighted by Crippen LogP contribution is -2.02. The van der Waals surface area contributed by atoms with E-state index in [9.17, 15) is 0 Å². The Hall–Kier alpha value is -2.27. The number of ether oxygens (including phenoxy) is 1. The molecular formula is C15H15N3OS. The predicted molar refractivity (Wildman–Crippen MR) is 84.4 cm³/mol. The van der Waals surface area contributed by atoms with Crippen LogP contribution in [0.5, 0.6) is 5.75 Å². The summed E-state index contributed by atoms with van der Waals surface area (Å²) in [7, 11) is 1.66. The van der Waals surface area contributed by atoms with Gasteiger partial charge in [-0.05, 0) is 29.8 Å². The van der Waals surface area contributed by atoms with E-state index in [1.807, 2.05) is 41.9 Å². The van der Waals surface area contributed by atoms with Crippen molar-refractivity contribution in [2.45, 2.75) is 6.54 Å². The molecule has 102 valence electrons. The van der Waals surface area contributed by atoms with E-state index in [-0.39, 0.29) is 0 Å². The van der Waals surface area contributed by atoms with Gasteiger partial charge in [0.1, 0.15) is 11.3 Å². The fraction of sp³-hybridized carbons (Fsp3) is 0.133. The van der Waals surface area contributed by atoms with Crippen molar-refractivity contribution in [2.24, 2.45) is 0 Å². The minimum absolute atomic E-state index is 0.706. The summed E-state index contributed by atoms with van der Waals surface area (Å²) in [4.78, 5) is 4.29. The number of rotatable bonds is 4. The minimum Gasteiger partial charge on any atom is -0.497 e. The molecule has 0 spiro atoms. The van der Waals surface area contributed by atoms with Gasteiger partial charge in [0, 0.05) is 6.54 Å².